The number of benzene rings is 1. The lowest BCUT2D eigenvalue weighted by atomic mass is 10.1. The molecule has 17 heavy (non-hydrogen) atoms. The van der Waals surface area contributed by atoms with Gasteiger partial charge in [-0.2, -0.15) is 0 Å². The highest BCUT2D eigenvalue weighted by molar-refractivity contribution is 5.65. The van der Waals surface area contributed by atoms with E-state index in [1.807, 2.05) is 47.0 Å². The number of hydrogen-bond donors (Lipinski definition) is 0. The van der Waals surface area contributed by atoms with E-state index in [0.717, 1.165) is 22.5 Å². The lowest BCUT2D eigenvalue weighted by Gasteiger charge is -2.05. The van der Waals surface area contributed by atoms with Gasteiger partial charge in [-0.05, 0) is 35.4 Å². The first-order valence-corrected chi connectivity index (χ1v) is 5.30. The fraction of sp³-hybridized carbons (Fsp3) is 0.0769. The molecule has 0 aliphatic heterocycles. The van der Waals surface area contributed by atoms with Gasteiger partial charge in [0.15, 0.2) is 5.65 Å². The molecule has 0 saturated carbocycles. The molecule has 0 radical (unpaired) electrons. The summed E-state index contributed by atoms with van der Waals surface area (Å²) in [5.74, 6) is 0.853. The summed E-state index contributed by atoms with van der Waals surface area (Å²) < 4.78 is 7.11. The molecular formula is C13H11N3O. The van der Waals surface area contributed by atoms with Crippen molar-refractivity contribution < 1.29 is 4.74 Å². The van der Waals surface area contributed by atoms with Gasteiger partial charge in [-0.15, -0.1) is 10.2 Å². The zero-order chi connectivity index (χ0) is 11.7. The molecule has 0 saturated heterocycles. The van der Waals surface area contributed by atoms with Gasteiger partial charge in [-0.3, -0.25) is 4.40 Å². The molecule has 0 unspecified atom stereocenters. The molecule has 84 valence electrons. The topological polar surface area (TPSA) is 39.4 Å². The average Bonchev–Trinajstić information content (AvgIpc) is 2.86. The van der Waals surface area contributed by atoms with Crippen molar-refractivity contribution in [3.63, 3.8) is 0 Å². The fourth-order valence-electron chi connectivity index (χ4n) is 1.80. The van der Waals surface area contributed by atoms with Crippen LogP contribution in [-0.2, 0) is 0 Å². The molecule has 0 spiro atoms. The monoisotopic (exact) mass is 225 g/mol. The van der Waals surface area contributed by atoms with Crippen LogP contribution in [0.1, 0.15) is 0 Å². The van der Waals surface area contributed by atoms with Crippen LogP contribution in [0.2, 0.25) is 0 Å². The van der Waals surface area contributed by atoms with Crippen molar-refractivity contribution in [2.75, 3.05) is 7.11 Å². The highest BCUT2D eigenvalue weighted by Gasteiger charge is 2.01. The smallest absolute Gasteiger partial charge is 0.160 e. The molecule has 1 aromatic carbocycles. The van der Waals surface area contributed by atoms with E-state index in [4.69, 9.17) is 4.74 Å². The van der Waals surface area contributed by atoms with Crippen LogP contribution in [-0.4, -0.2) is 21.7 Å². The molecule has 4 heteroatoms. The van der Waals surface area contributed by atoms with Crippen molar-refractivity contribution in [3.05, 3.63) is 48.9 Å². The van der Waals surface area contributed by atoms with Crippen molar-refractivity contribution in [1.82, 2.24) is 14.6 Å². The zero-order valence-corrected chi connectivity index (χ0v) is 9.37. The SMILES string of the molecule is COc1cccc(-c2ccc3nncn3c2)c1. The van der Waals surface area contributed by atoms with E-state index in [1.165, 1.54) is 0 Å². The second-order valence-corrected chi connectivity index (χ2v) is 3.75. The molecule has 0 fully saturated rings. The highest BCUT2D eigenvalue weighted by Crippen LogP contribution is 2.23. The summed E-state index contributed by atoms with van der Waals surface area (Å²) in [6.45, 7) is 0. The van der Waals surface area contributed by atoms with E-state index < -0.39 is 0 Å². The number of methoxy groups -OCH3 is 1. The van der Waals surface area contributed by atoms with Crippen molar-refractivity contribution in [3.8, 4) is 16.9 Å². The predicted molar refractivity (Wildman–Crippen MR) is 65.0 cm³/mol. The second kappa shape index (κ2) is 3.90. The predicted octanol–water partition coefficient (Wildman–Crippen LogP) is 2.40. The van der Waals surface area contributed by atoms with Crippen molar-refractivity contribution in [2.24, 2.45) is 0 Å². The largest absolute Gasteiger partial charge is 0.497 e. The van der Waals surface area contributed by atoms with Gasteiger partial charge in [-0.1, -0.05) is 12.1 Å². The molecule has 2 aromatic heterocycles. The van der Waals surface area contributed by atoms with Gasteiger partial charge in [0.2, 0.25) is 0 Å². The summed E-state index contributed by atoms with van der Waals surface area (Å²) in [5, 5.41) is 7.83. The van der Waals surface area contributed by atoms with Crippen molar-refractivity contribution in [2.45, 2.75) is 0 Å². The van der Waals surface area contributed by atoms with Crippen molar-refractivity contribution in [1.29, 1.82) is 0 Å². The van der Waals surface area contributed by atoms with E-state index >= 15 is 0 Å². The van der Waals surface area contributed by atoms with Crippen LogP contribution in [0.5, 0.6) is 5.75 Å². The third-order valence-electron chi connectivity index (χ3n) is 2.69. The van der Waals surface area contributed by atoms with Crippen molar-refractivity contribution >= 4 is 5.65 Å². The Hall–Kier alpha value is -2.36. The van der Waals surface area contributed by atoms with Crippen LogP contribution in [0, 0.1) is 0 Å². The number of ether oxygens (including phenoxy) is 1. The minimum atomic E-state index is 0.844. The molecule has 0 aliphatic rings. The van der Waals surface area contributed by atoms with Crippen LogP contribution >= 0.6 is 0 Å². The summed E-state index contributed by atoms with van der Waals surface area (Å²) in [7, 11) is 1.67. The highest BCUT2D eigenvalue weighted by atomic mass is 16.5. The number of fused-ring (bicyclic) bond motifs is 1. The summed E-state index contributed by atoms with van der Waals surface area (Å²) in [6.07, 6.45) is 3.70. The molecular weight excluding hydrogens is 214 g/mol. The number of nitrogens with zero attached hydrogens (tertiary/aromatic N) is 3. The summed E-state index contributed by atoms with van der Waals surface area (Å²) in [5.41, 5.74) is 3.06. The quantitative estimate of drug-likeness (QED) is 0.672. The van der Waals surface area contributed by atoms with Gasteiger partial charge < -0.3 is 4.74 Å². The molecule has 0 bridgehead atoms. The van der Waals surface area contributed by atoms with Crippen LogP contribution in [0.15, 0.2) is 48.9 Å². The molecule has 0 aliphatic carbocycles. The number of rotatable bonds is 2. The first-order valence-electron chi connectivity index (χ1n) is 5.30. The lowest BCUT2D eigenvalue weighted by Crippen LogP contribution is -1.87. The first-order chi connectivity index (χ1) is 8.36. The normalized spacial score (nSPS) is 10.6. The lowest BCUT2D eigenvalue weighted by molar-refractivity contribution is 0.415. The Morgan fingerprint density at radius 1 is 1.12 bits per heavy atom. The van der Waals surface area contributed by atoms with E-state index in [2.05, 4.69) is 10.2 Å². The molecule has 3 aromatic rings. The van der Waals surface area contributed by atoms with E-state index in [-0.39, 0.29) is 0 Å². The Labute approximate surface area is 98.5 Å². The summed E-state index contributed by atoms with van der Waals surface area (Å²) >= 11 is 0. The van der Waals surface area contributed by atoms with Crippen LogP contribution < -0.4 is 4.74 Å². The Kier molecular flexibility index (Phi) is 2.26. The zero-order valence-electron chi connectivity index (χ0n) is 9.37. The van der Waals surface area contributed by atoms with Crippen LogP contribution in [0.4, 0.5) is 0 Å². The van der Waals surface area contributed by atoms with Gasteiger partial charge in [0, 0.05) is 6.20 Å². The van der Waals surface area contributed by atoms with E-state index in [1.54, 1.807) is 13.4 Å². The minimum absolute atomic E-state index is 0.844. The first kappa shape index (κ1) is 9.84. The minimum Gasteiger partial charge on any atom is -0.497 e. The second-order valence-electron chi connectivity index (χ2n) is 3.75. The van der Waals surface area contributed by atoms with Gasteiger partial charge in [0.05, 0.1) is 7.11 Å². The number of pyridine rings is 1. The fourth-order valence-corrected chi connectivity index (χ4v) is 1.80. The Morgan fingerprint density at radius 2 is 2.06 bits per heavy atom. The van der Waals surface area contributed by atoms with E-state index in [9.17, 15) is 0 Å². The average molecular weight is 225 g/mol. The molecule has 0 atom stereocenters. The summed E-state index contributed by atoms with van der Waals surface area (Å²) in [4.78, 5) is 0. The van der Waals surface area contributed by atoms with Gasteiger partial charge in [0.1, 0.15) is 12.1 Å². The third-order valence-corrected chi connectivity index (χ3v) is 2.69. The Balaban J connectivity index is 2.12. The third kappa shape index (κ3) is 1.73. The van der Waals surface area contributed by atoms with E-state index in [0.29, 0.717) is 0 Å². The summed E-state index contributed by atoms with van der Waals surface area (Å²) in [6, 6.07) is 11.9. The Morgan fingerprint density at radius 3 is 2.94 bits per heavy atom. The molecule has 4 nitrogen and oxygen atoms in total. The number of aromatic nitrogens is 3. The number of hydrogen-bond acceptors (Lipinski definition) is 3. The molecule has 3 rings (SSSR count). The maximum Gasteiger partial charge on any atom is 0.160 e. The maximum atomic E-state index is 5.22. The van der Waals surface area contributed by atoms with Crippen LogP contribution in [0.3, 0.4) is 0 Å². The van der Waals surface area contributed by atoms with Crippen LogP contribution in [0.25, 0.3) is 16.8 Å². The molecule has 2 heterocycles. The standard InChI is InChI=1S/C13H11N3O/c1-17-12-4-2-3-10(7-12)11-5-6-13-15-14-9-16(13)8-11/h2-9H,1H3. The Bertz CT molecular complexity index is 660. The van der Waals surface area contributed by atoms with Gasteiger partial charge in [-0.25, -0.2) is 0 Å². The van der Waals surface area contributed by atoms with Gasteiger partial charge >= 0.3 is 0 Å². The molecule has 0 N–H and O–H groups in total. The maximum absolute atomic E-state index is 5.22. The molecule has 0 amide bonds. The van der Waals surface area contributed by atoms with Gasteiger partial charge in [0.25, 0.3) is 0 Å².